The van der Waals surface area contributed by atoms with Gasteiger partial charge >= 0.3 is 0 Å². The van der Waals surface area contributed by atoms with Crippen LogP contribution in [-0.4, -0.2) is 30.7 Å². The largest absolute Gasteiger partial charge is 0.361 e. The van der Waals surface area contributed by atoms with E-state index in [9.17, 15) is 4.79 Å². The van der Waals surface area contributed by atoms with Crippen LogP contribution in [0.2, 0.25) is 0 Å². The number of carbonyl (C=O) groups is 1. The average molecular weight is 297 g/mol. The molecule has 124 valence electrons. The molecule has 0 aromatic heterocycles. The molecule has 1 amide bonds. The van der Waals surface area contributed by atoms with Crippen LogP contribution in [0.5, 0.6) is 0 Å². The second-order valence-electron chi connectivity index (χ2n) is 6.17. The molecule has 0 aromatic rings. The van der Waals surface area contributed by atoms with Gasteiger partial charge in [-0.05, 0) is 18.4 Å². The fourth-order valence-electron chi connectivity index (χ4n) is 2.20. The van der Waals surface area contributed by atoms with Crippen molar-refractivity contribution in [3.8, 4) is 0 Å². The summed E-state index contributed by atoms with van der Waals surface area (Å²) in [6, 6.07) is 0. The van der Waals surface area contributed by atoms with E-state index in [0.717, 1.165) is 13.0 Å². The molecule has 0 N–H and O–H groups in total. The van der Waals surface area contributed by atoms with Crippen molar-refractivity contribution in [2.75, 3.05) is 19.9 Å². The lowest BCUT2D eigenvalue weighted by Gasteiger charge is -2.21. The summed E-state index contributed by atoms with van der Waals surface area (Å²) in [5.74, 6) is 0.468. The zero-order valence-corrected chi connectivity index (χ0v) is 14.4. The Morgan fingerprint density at radius 1 is 1.10 bits per heavy atom. The minimum atomic E-state index is -0.0262. The lowest BCUT2D eigenvalue weighted by atomic mass is 10.1. The number of ether oxygens (including phenoxy) is 1. The predicted octanol–water partition coefficient (Wildman–Crippen LogP) is 4.77. The van der Waals surface area contributed by atoms with Crippen LogP contribution < -0.4 is 0 Å². The fraction of sp³-hybridized carbons (Fsp3) is 0.833. The summed E-state index contributed by atoms with van der Waals surface area (Å²) in [5, 5.41) is 0. The van der Waals surface area contributed by atoms with E-state index < -0.39 is 0 Å². The van der Waals surface area contributed by atoms with Crippen LogP contribution >= 0.6 is 0 Å². The van der Waals surface area contributed by atoms with Crippen LogP contribution in [0.1, 0.15) is 72.1 Å². The van der Waals surface area contributed by atoms with E-state index in [0.29, 0.717) is 19.3 Å². The summed E-state index contributed by atoms with van der Waals surface area (Å²) >= 11 is 0. The predicted molar refractivity (Wildman–Crippen MR) is 90.2 cm³/mol. The van der Waals surface area contributed by atoms with Crippen molar-refractivity contribution in [2.24, 2.45) is 5.92 Å². The molecule has 0 aromatic carbocycles. The molecule has 0 saturated carbocycles. The van der Waals surface area contributed by atoms with Gasteiger partial charge in [0.1, 0.15) is 6.73 Å². The summed E-state index contributed by atoms with van der Waals surface area (Å²) in [4.78, 5) is 13.5. The van der Waals surface area contributed by atoms with Crippen LogP contribution in [0.25, 0.3) is 0 Å². The number of hydrogen-bond acceptors (Lipinski definition) is 2. The first-order valence-corrected chi connectivity index (χ1v) is 8.60. The van der Waals surface area contributed by atoms with Crippen LogP contribution in [0.15, 0.2) is 12.7 Å². The summed E-state index contributed by atoms with van der Waals surface area (Å²) in [7, 11) is 0. The Bertz CT molecular complexity index is 264. The molecule has 0 bridgehead atoms. The number of nitrogens with zero attached hydrogens (tertiary/aromatic N) is 1. The van der Waals surface area contributed by atoms with Gasteiger partial charge in [0.05, 0.1) is 6.61 Å². The highest BCUT2D eigenvalue weighted by Crippen LogP contribution is 2.09. The number of amides is 1. The average Bonchev–Trinajstić information content (AvgIpc) is 2.47. The monoisotopic (exact) mass is 297 g/mol. The third kappa shape index (κ3) is 12.6. The van der Waals surface area contributed by atoms with Crippen LogP contribution in [0, 0.1) is 5.92 Å². The Labute approximate surface area is 131 Å². The standard InChI is InChI=1S/C18H35NO2/c1-5-7-8-9-10-11-12-13-14-19(18(20)6-2)16-21-15-17(3)4/h6,17H,2,5,7-16H2,1,3-4H3. The van der Waals surface area contributed by atoms with Crippen LogP contribution in [0.3, 0.4) is 0 Å². The molecule has 0 saturated heterocycles. The van der Waals surface area contributed by atoms with Crippen molar-refractivity contribution in [1.82, 2.24) is 4.90 Å². The normalized spacial score (nSPS) is 10.9. The van der Waals surface area contributed by atoms with Gasteiger partial charge in [0.15, 0.2) is 0 Å². The third-order valence-corrected chi connectivity index (χ3v) is 3.47. The summed E-state index contributed by atoms with van der Waals surface area (Å²) in [6.07, 6.45) is 11.6. The van der Waals surface area contributed by atoms with E-state index in [1.54, 1.807) is 4.90 Å². The van der Waals surface area contributed by atoms with Gasteiger partial charge in [-0.2, -0.15) is 0 Å². The van der Waals surface area contributed by atoms with Gasteiger partial charge in [0.25, 0.3) is 0 Å². The molecule has 0 rings (SSSR count). The van der Waals surface area contributed by atoms with Crippen molar-refractivity contribution >= 4 is 5.91 Å². The summed E-state index contributed by atoms with van der Waals surface area (Å²) in [5.41, 5.74) is 0. The lowest BCUT2D eigenvalue weighted by molar-refractivity contribution is -0.132. The van der Waals surface area contributed by atoms with E-state index >= 15 is 0 Å². The molecule has 0 atom stereocenters. The topological polar surface area (TPSA) is 29.5 Å². The Balaban J connectivity index is 3.71. The molecule has 0 aliphatic carbocycles. The first-order valence-electron chi connectivity index (χ1n) is 8.60. The molecule has 0 aliphatic rings. The molecular formula is C18H35NO2. The molecule has 21 heavy (non-hydrogen) atoms. The van der Waals surface area contributed by atoms with Crippen LogP contribution in [-0.2, 0) is 9.53 Å². The Kier molecular flexibility index (Phi) is 13.6. The van der Waals surface area contributed by atoms with Crippen molar-refractivity contribution in [3.05, 3.63) is 12.7 Å². The molecule has 0 aliphatic heterocycles. The van der Waals surface area contributed by atoms with E-state index in [-0.39, 0.29) is 5.91 Å². The molecular weight excluding hydrogens is 262 g/mol. The van der Waals surface area contributed by atoms with Gasteiger partial charge < -0.3 is 9.64 Å². The summed E-state index contributed by atoms with van der Waals surface area (Å²) in [6.45, 7) is 11.9. The van der Waals surface area contributed by atoms with Crippen molar-refractivity contribution in [2.45, 2.75) is 72.1 Å². The number of hydrogen-bond donors (Lipinski definition) is 0. The fourth-order valence-corrected chi connectivity index (χ4v) is 2.20. The van der Waals surface area contributed by atoms with Gasteiger partial charge in [-0.15, -0.1) is 0 Å². The van der Waals surface area contributed by atoms with E-state index in [1.165, 1.54) is 51.0 Å². The van der Waals surface area contributed by atoms with Gasteiger partial charge in [0, 0.05) is 6.54 Å². The molecule has 0 heterocycles. The maximum Gasteiger partial charge on any atom is 0.247 e. The first-order chi connectivity index (χ1) is 10.1. The second kappa shape index (κ2) is 14.1. The number of unbranched alkanes of at least 4 members (excludes halogenated alkanes) is 7. The molecule has 0 radical (unpaired) electrons. The van der Waals surface area contributed by atoms with Crippen molar-refractivity contribution < 1.29 is 9.53 Å². The summed E-state index contributed by atoms with van der Waals surface area (Å²) < 4.78 is 5.56. The second-order valence-corrected chi connectivity index (χ2v) is 6.17. The Morgan fingerprint density at radius 3 is 2.19 bits per heavy atom. The Morgan fingerprint density at radius 2 is 1.67 bits per heavy atom. The lowest BCUT2D eigenvalue weighted by Crippen LogP contribution is -2.33. The first kappa shape index (κ1) is 20.2. The number of carbonyl (C=O) groups excluding carboxylic acids is 1. The van der Waals surface area contributed by atoms with Gasteiger partial charge in [-0.3, -0.25) is 4.79 Å². The smallest absolute Gasteiger partial charge is 0.247 e. The van der Waals surface area contributed by atoms with E-state index in [4.69, 9.17) is 4.74 Å². The minimum absolute atomic E-state index is 0.0262. The van der Waals surface area contributed by atoms with Gasteiger partial charge in [-0.25, -0.2) is 0 Å². The van der Waals surface area contributed by atoms with Crippen LogP contribution in [0.4, 0.5) is 0 Å². The van der Waals surface area contributed by atoms with Gasteiger partial charge in [-0.1, -0.05) is 72.3 Å². The maximum absolute atomic E-state index is 11.8. The molecule has 3 heteroatoms. The Hall–Kier alpha value is -0.830. The quantitative estimate of drug-likeness (QED) is 0.262. The molecule has 0 fully saturated rings. The van der Waals surface area contributed by atoms with Crippen molar-refractivity contribution in [3.63, 3.8) is 0 Å². The minimum Gasteiger partial charge on any atom is -0.361 e. The molecule has 0 spiro atoms. The van der Waals surface area contributed by atoms with Gasteiger partial charge in [0.2, 0.25) is 5.91 Å². The molecule has 3 nitrogen and oxygen atoms in total. The highest BCUT2D eigenvalue weighted by Gasteiger charge is 2.09. The zero-order valence-electron chi connectivity index (χ0n) is 14.4. The SMILES string of the molecule is C=CC(=O)N(CCCCCCCCCC)COCC(C)C. The third-order valence-electron chi connectivity index (χ3n) is 3.47. The highest BCUT2D eigenvalue weighted by molar-refractivity contribution is 5.86. The molecule has 0 unspecified atom stereocenters. The van der Waals surface area contributed by atoms with Crippen molar-refractivity contribution in [1.29, 1.82) is 0 Å². The highest BCUT2D eigenvalue weighted by atomic mass is 16.5. The number of rotatable bonds is 14. The van der Waals surface area contributed by atoms with E-state index in [1.807, 2.05) is 0 Å². The zero-order chi connectivity index (χ0) is 15.9. The maximum atomic E-state index is 11.8. The van der Waals surface area contributed by atoms with E-state index in [2.05, 4.69) is 27.4 Å².